The molecule has 2 aromatic rings. The summed E-state index contributed by atoms with van der Waals surface area (Å²) in [5, 5.41) is 7.58. The predicted octanol–water partition coefficient (Wildman–Crippen LogP) is 2.02. The number of hydrogen-bond donors (Lipinski definition) is 3. The van der Waals surface area contributed by atoms with E-state index < -0.39 is 53.6 Å². The average Bonchev–Trinajstić information content (AvgIpc) is 3.44. The minimum Gasteiger partial charge on any atom is -0.467 e. The number of aryl methyl sites for hydroxylation is 1. The van der Waals surface area contributed by atoms with Crippen LogP contribution in [0.3, 0.4) is 0 Å². The first kappa shape index (κ1) is 26.6. The number of hydrogen-bond acceptors (Lipinski definition) is 5. The summed E-state index contributed by atoms with van der Waals surface area (Å²) >= 11 is 0. The molecule has 0 aliphatic carbocycles. The molecule has 1 fully saturated rings. The molecule has 194 valence electrons. The van der Waals surface area contributed by atoms with Gasteiger partial charge in [0.2, 0.25) is 5.91 Å². The minimum atomic E-state index is -0.994. The maximum Gasteiger partial charge on any atom is 0.328 e. The molecule has 12 heteroatoms. The van der Waals surface area contributed by atoms with Gasteiger partial charge < -0.3 is 30.2 Å². The number of carbonyl (C=O) groups is 4. The predicted molar refractivity (Wildman–Crippen MR) is 126 cm³/mol. The number of benzene rings is 1. The lowest BCUT2D eigenvalue weighted by molar-refractivity contribution is -0.146. The summed E-state index contributed by atoms with van der Waals surface area (Å²) in [5.74, 6) is -3.63. The van der Waals surface area contributed by atoms with Crippen LogP contribution in [-0.4, -0.2) is 65.1 Å². The number of esters is 1. The highest BCUT2D eigenvalue weighted by molar-refractivity contribution is 5.98. The molecule has 3 atom stereocenters. The van der Waals surface area contributed by atoms with E-state index in [-0.39, 0.29) is 24.6 Å². The molecule has 2 heterocycles. The highest BCUT2D eigenvalue weighted by Gasteiger charge is 2.42. The van der Waals surface area contributed by atoms with Crippen LogP contribution in [0.25, 0.3) is 0 Å². The molecule has 0 spiro atoms. The van der Waals surface area contributed by atoms with Crippen molar-refractivity contribution in [3.63, 3.8) is 0 Å². The Bertz CT molecular complexity index is 1150. The minimum absolute atomic E-state index is 0.00795. The largest absolute Gasteiger partial charge is 0.467 e. The second-order valence-electron chi connectivity index (χ2n) is 8.89. The Morgan fingerprint density at radius 1 is 1.14 bits per heavy atom. The molecule has 0 radical (unpaired) electrons. The number of carbonyl (C=O) groups excluding carboxylic acids is 4. The number of nitrogens with one attached hydrogen (secondary N) is 3. The van der Waals surface area contributed by atoms with Crippen LogP contribution < -0.4 is 16.0 Å². The van der Waals surface area contributed by atoms with Gasteiger partial charge in [-0.15, -0.1) is 0 Å². The first-order valence-electron chi connectivity index (χ1n) is 11.3. The Morgan fingerprint density at radius 3 is 2.44 bits per heavy atom. The Labute approximate surface area is 207 Å². The Balaban J connectivity index is 1.78. The van der Waals surface area contributed by atoms with Crippen LogP contribution >= 0.6 is 0 Å². The number of methoxy groups -OCH3 is 1. The molecule has 0 bridgehead atoms. The second-order valence-corrected chi connectivity index (χ2v) is 8.89. The Kier molecular flexibility index (Phi) is 8.28. The molecule has 3 rings (SSSR count). The van der Waals surface area contributed by atoms with Crippen molar-refractivity contribution in [1.29, 1.82) is 0 Å². The summed E-state index contributed by atoms with van der Waals surface area (Å²) in [7, 11) is 2.90. The number of nitrogens with zero attached hydrogens (tertiary/aromatic N) is 2. The third-order valence-electron chi connectivity index (χ3n) is 5.96. The van der Waals surface area contributed by atoms with E-state index in [0.717, 1.165) is 12.1 Å². The summed E-state index contributed by atoms with van der Waals surface area (Å²) in [6, 6.07) is 2.64. The van der Waals surface area contributed by atoms with Gasteiger partial charge in [-0.3, -0.25) is 9.59 Å². The number of anilines is 1. The highest BCUT2D eigenvalue weighted by atomic mass is 19.1. The Morgan fingerprint density at radius 2 is 1.86 bits per heavy atom. The van der Waals surface area contributed by atoms with Crippen LogP contribution in [0.4, 0.5) is 19.3 Å². The van der Waals surface area contributed by atoms with Crippen LogP contribution in [-0.2, 0) is 21.4 Å². The van der Waals surface area contributed by atoms with Gasteiger partial charge in [0.1, 0.15) is 29.4 Å². The quantitative estimate of drug-likeness (QED) is 0.497. The van der Waals surface area contributed by atoms with Gasteiger partial charge in [0.25, 0.3) is 5.91 Å². The normalized spacial score (nSPS) is 18.0. The number of likely N-dealkylation sites (tertiary alicyclic amines) is 1. The van der Waals surface area contributed by atoms with E-state index in [9.17, 15) is 28.0 Å². The van der Waals surface area contributed by atoms with Gasteiger partial charge in [0, 0.05) is 25.9 Å². The highest BCUT2D eigenvalue weighted by Crippen LogP contribution is 2.23. The third kappa shape index (κ3) is 5.99. The topological polar surface area (TPSA) is 122 Å². The van der Waals surface area contributed by atoms with E-state index in [1.165, 1.54) is 12.0 Å². The molecule has 4 amide bonds. The maximum absolute atomic E-state index is 13.9. The van der Waals surface area contributed by atoms with Crippen LogP contribution in [0.1, 0.15) is 30.8 Å². The van der Waals surface area contributed by atoms with E-state index in [0.29, 0.717) is 11.8 Å². The monoisotopic (exact) mass is 505 g/mol. The van der Waals surface area contributed by atoms with Gasteiger partial charge in [-0.1, -0.05) is 13.8 Å². The lowest BCUT2D eigenvalue weighted by atomic mass is 10.0. The standard InChI is InChI=1S/C24H29F2N5O5/c1-13(2)20(23(34)36-4)29-21(32)19-11-15(12-31(19)22(33)18-6-5-9-30(18)3)27-24(35)28-17-8-7-14(25)10-16(17)26/h5-10,13,15,19-20H,11-12H2,1-4H3,(H,29,32)(H2,27,28,35)/t15-,19-,20+/m0/s1. The number of halogens is 2. The summed E-state index contributed by atoms with van der Waals surface area (Å²) in [6.07, 6.45) is 1.73. The fraction of sp³-hybridized carbons (Fsp3) is 0.417. The van der Waals surface area contributed by atoms with Crippen molar-refractivity contribution in [2.24, 2.45) is 13.0 Å². The van der Waals surface area contributed by atoms with Crippen molar-refractivity contribution >= 4 is 29.5 Å². The number of amides is 4. The van der Waals surface area contributed by atoms with Crippen molar-refractivity contribution in [2.75, 3.05) is 19.0 Å². The van der Waals surface area contributed by atoms with Crippen molar-refractivity contribution in [3.05, 3.63) is 53.9 Å². The number of urea groups is 1. The zero-order chi connectivity index (χ0) is 26.6. The number of aromatic nitrogens is 1. The van der Waals surface area contributed by atoms with E-state index >= 15 is 0 Å². The second kappa shape index (κ2) is 11.2. The van der Waals surface area contributed by atoms with Crippen molar-refractivity contribution in [1.82, 2.24) is 20.1 Å². The smallest absolute Gasteiger partial charge is 0.328 e. The summed E-state index contributed by atoms with van der Waals surface area (Å²) < 4.78 is 33.4. The van der Waals surface area contributed by atoms with Gasteiger partial charge in [-0.2, -0.15) is 0 Å². The van der Waals surface area contributed by atoms with E-state index in [4.69, 9.17) is 4.74 Å². The van der Waals surface area contributed by atoms with Gasteiger partial charge >= 0.3 is 12.0 Å². The van der Waals surface area contributed by atoms with Gasteiger partial charge in [-0.25, -0.2) is 18.4 Å². The molecule has 10 nitrogen and oxygen atoms in total. The zero-order valence-corrected chi connectivity index (χ0v) is 20.4. The van der Waals surface area contributed by atoms with Gasteiger partial charge in [-0.05, 0) is 36.6 Å². The van der Waals surface area contributed by atoms with Crippen LogP contribution in [0, 0.1) is 17.6 Å². The van der Waals surface area contributed by atoms with Crippen LogP contribution in [0.15, 0.2) is 36.5 Å². The molecule has 0 saturated carbocycles. The summed E-state index contributed by atoms with van der Waals surface area (Å²) in [4.78, 5) is 52.4. The average molecular weight is 506 g/mol. The van der Waals surface area contributed by atoms with Crippen LogP contribution in [0.5, 0.6) is 0 Å². The molecule has 1 aliphatic rings. The fourth-order valence-corrected chi connectivity index (χ4v) is 4.05. The van der Waals surface area contributed by atoms with E-state index in [1.54, 1.807) is 43.8 Å². The molecular weight excluding hydrogens is 476 g/mol. The molecule has 3 N–H and O–H groups in total. The van der Waals surface area contributed by atoms with Crippen LogP contribution in [0.2, 0.25) is 0 Å². The zero-order valence-electron chi connectivity index (χ0n) is 20.4. The maximum atomic E-state index is 13.9. The molecule has 1 aromatic carbocycles. The third-order valence-corrected chi connectivity index (χ3v) is 5.96. The Hall–Kier alpha value is -3.96. The molecule has 0 unspecified atom stereocenters. The molecular formula is C24H29F2N5O5. The SMILES string of the molecule is COC(=O)[C@H](NC(=O)[C@@H]1C[C@H](NC(=O)Nc2ccc(F)cc2F)CN1C(=O)c1cccn1C)C(C)C. The van der Waals surface area contributed by atoms with Gasteiger partial charge in [0.05, 0.1) is 18.8 Å². The fourth-order valence-electron chi connectivity index (χ4n) is 4.05. The molecule has 36 heavy (non-hydrogen) atoms. The summed E-state index contributed by atoms with van der Waals surface area (Å²) in [6.45, 7) is 3.48. The number of ether oxygens (including phenoxy) is 1. The van der Waals surface area contributed by atoms with Gasteiger partial charge in [0.15, 0.2) is 0 Å². The van der Waals surface area contributed by atoms with Crippen molar-refractivity contribution in [2.45, 2.75) is 38.4 Å². The number of rotatable bonds is 7. The molecule has 1 aromatic heterocycles. The lowest BCUT2D eigenvalue weighted by Gasteiger charge is -2.27. The van der Waals surface area contributed by atoms with Crippen molar-refractivity contribution < 1.29 is 32.7 Å². The lowest BCUT2D eigenvalue weighted by Crippen LogP contribution is -2.52. The molecule has 1 saturated heterocycles. The first-order chi connectivity index (χ1) is 17.0. The first-order valence-corrected chi connectivity index (χ1v) is 11.3. The van der Waals surface area contributed by atoms with E-state index in [2.05, 4.69) is 16.0 Å². The van der Waals surface area contributed by atoms with Crippen molar-refractivity contribution in [3.8, 4) is 0 Å². The van der Waals surface area contributed by atoms with E-state index in [1.807, 2.05) is 0 Å². The molecule has 1 aliphatic heterocycles. The summed E-state index contributed by atoms with van der Waals surface area (Å²) in [5.41, 5.74) is 0.107.